The minimum Gasteiger partial charge on any atom is -0.545 e. The van der Waals surface area contributed by atoms with Crippen molar-refractivity contribution < 1.29 is 48.9 Å². The van der Waals surface area contributed by atoms with Crippen molar-refractivity contribution in [2.24, 2.45) is 0 Å². The number of hydrogen-bond donors (Lipinski definition) is 2. The first-order valence-electron chi connectivity index (χ1n) is 15.3. The number of carboxylic acid groups (broad SMARTS) is 2. The van der Waals surface area contributed by atoms with E-state index in [0.717, 1.165) is 13.8 Å². The zero-order valence-electron chi connectivity index (χ0n) is 28.4. The molecule has 0 bridgehead atoms. The van der Waals surface area contributed by atoms with Gasteiger partial charge in [0.2, 0.25) is 0 Å². The van der Waals surface area contributed by atoms with E-state index in [-0.39, 0.29) is 19.5 Å². The average Bonchev–Trinajstić information content (AvgIpc) is 3.16. The number of benzene rings is 6. The van der Waals surface area contributed by atoms with Crippen LogP contribution < -0.4 is 31.8 Å². The normalized spacial score (nSPS) is 9.02. The second-order valence-corrected chi connectivity index (χ2v) is 14.9. The number of carbonyl (C=O) groups is 2. The monoisotopic (exact) mass is 806 g/mol. The van der Waals surface area contributed by atoms with E-state index < -0.39 is 27.8 Å². The van der Waals surface area contributed by atoms with Crippen molar-refractivity contribution in [2.75, 3.05) is 0 Å². The summed E-state index contributed by atoms with van der Waals surface area (Å²) >= 11 is 0. The van der Waals surface area contributed by atoms with Gasteiger partial charge in [0, 0.05) is 13.8 Å². The van der Waals surface area contributed by atoms with Crippen LogP contribution in [0.15, 0.2) is 182 Å². The van der Waals surface area contributed by atoms with Crippen molar-refractivity contribution >= 4 is 73.2 Å². The fraction of sp³-hybridized carbons (Fsp3) is 0.0476. The van der Waals surface area contributed by atoms with Crippen LogP contribution in [0.5, 0.6) is 0 Å². The van der Waals surface area contributed by atoms with E-state index in [1.165, 1.54) is 31.8 Å². The summed E-state index contributed by atoms with van der Waals surface area (Å²) < 4.78 is 0. The van der Waals surface area contributed by atoms with E-state index >= 15 is 0 Å². The smallest absolute Gasteiger partial charge is 0.545 e. The van der Waals surface area contributed by atoms with Crippen molar-refractivity contribution in [2.45, 2.75) is 13.8 Å². The molecule has 9 heteroatoms. The van der Waals surface area contributed by atoms with Crippen molar-refractivity contribution in [1.29, 1.82) is 0 Å². The van der Waals surface area contributed by atoms with Crippen LogP contribution >= 0.6 is 15.8 Å². The first-order chi connectivity index (χ1) is 24.4. The zero-order chi connectivity index (χ0) is 37.0. The maximum absolute atomic E-state index is 9.00. The molecule has 2 N–H and O–H groups in total. The van der Waals surface area contributed by atoms with Crippen LogP contribution in [0.1, 0.15) is 13.8 Å². The maximum atomic E-state index is 9.00. The van der Waals surface area contributed by atoms with Crippen LogP contribution in [-0.4, -0.2) is 35.7 Å². The van der Waals surface area contributed by atoms with Gasteiger partial charge < -0.3 is 19.8 Å². The molecule has 0 fully saturated rings. The Hall–Kier alpha value is -4.92. The molecule has 0 amide bonds. The molecule has 0 unspecified atom stereocenters. The van der Waals surface area contributed by atoms with Gasteiger partial charge in [-0.25, -0.2) is 0 Å². The molecule has 0 aliphatic rings. The number of carbonyl (C=O) groups excluding carboxylic acids is 2. The Morgan fingerprint density at radius 3 is 0.549 bits per heavy atom. The summed E-state index contributed by atoms with van der Waals surface area (Å²) in [6.07, 6.45) is 0. The number of rotatable bonds is 6. The van der Waals surface area contributed by atoms with Crippen LogP contribution in [0.2, 0.25) is 0 Å². The van der Waals surface area contributed by atoms with E-state index in [2.05, 4.69) is 196 Å². The summed E-state index contributed by atoms with van der Waals surface area (Å²) in [5.74, 6) is -1.67. The van der Waals surface area contributed by atoms with Crippen LogP contribution in [-0.2, 0) is 38.7 Å². The summed E-state index contributed by atoms with van der Waals surface area (Å²) in [5.41, 5.74) is 0. The first kappa shape index (κ1) is 46.1. The third kappa shape index (κ3) is 18.6. The maximum Gasteiger partial charge on any atom is 2.00 e. The van der Waals surface area contributed by atoms with Gasteiger partial charge in [0.15, 0.2) is 0 Å². The predicted octanol–water partition coefficient (Wildman–Crippen LogP) is 5.99. The Balaban J connectivity index is 0.000000740. The van der Waals surface area contributed by atoms with E-state index in [1.54, 1.807) is 0 Å². The Morgan fingerprint density at radius 2 is 0.451 bits per heavy atom. The molecule has 0 saturated carbocycles. The molecule has 262 valence electrons. The van der Waals surface area contributed by atoms with E-state index in [9.17, 15) is 0 Å². The Morgan fingerprint density at radius 1 is 0.353 bits per heavy atom. The Labute approximate surface area is 316 Å². The molecule has 6 aromatic rings. The predicted molar refractivity (Wildman–Crippen MR) is 213 cm³/mol. The third-order valence-corrected chi connectivity index (χ3v) is 11.8. The second kappa shape index (κ2) is 28.9. The summed E-state index contributed by atoms with van der Waals surface area (Å²) in [6.45, 7) is 8.67. The van der Waals surface area contributed by atoms with Crippen LogP contribution in [0.3, 0.4) is 0 Å². The van der Waals surface area contributed by atoms with E-state index in [4.69, 9.17) is 29.4 Å². The Bertz CT molecular complexity index is 1410. The van der Waals surface area contributed by atoms with Gasteiger partial charge in [-0.15, -0.1) is 0 Å². The van der Waals surface area contributed by atoms with E-state index in [1.807, 2.05) is 0 Å². The molecule has 6 aromatic carbocycles. The fourth-order valence-electron chi connectivity index (χ4n) is 4.63. The quantitative estimate of drug-likeness (QED) is 0.0929. The molecular formula is C42H42O6P2Ru+2. The minimum atomic E-state index is -0.877. The molecule has 6 rings (SSSR count). The zero-order valence-corrected chi connectivity index (χ0v) is 32.1. The third-order valence-electron chi connectivity index (χ3n) is 6.37. The molecule has 0 radical (unpaired) electrons. The fourth-order valence-corrected chi connectivity index (χ4v) is 9.78. The molecule has 51 heavy (non-hydrogen) atoms. The molecule has 0 atom stereocenters. The van der Waals surface area contributed by atoms with Crippen molar-refractivity contribution in [3.8, 4) is 0 Å². The standard InChI is InChI=1S/2C18H15P.2C2H4O2.2CHO.Ru/c2*1-4-10-16(11-5-1)19(17-12-6-2-7-13-17)18-14-8-3-9-15-18;2*1-2(3)4;2*1-2;/h2*1-15H;2*1H3,(H,3,4);2*1H;/q;;;;2*-1;+2/p+2. The minimum absolute atomic E-state index is 0. The molecule has 0 saturated heterocycles. The van der Waals surface area contributed by atoms with Crippen molar-refractivity contribution in [3.63, 3.8) is 0 Å². The first-order valence-corrected chi connectivity index (χ1v) is 18.3. The molecule has 6 nitrogen and oxygen atoms in total. The van der Waals surface area contributed by atoms with Gasteiger partial charge in [0.25, 0.3) is 11.9 Å². The summed E-state index contributed by atoms with van der Waals surface area (Å²) in [5, 5.41) is 23.4. The molecule has 0 aliphatic heterocycles. The molecule has 0 spiro atoms. The van der Waals surface area contributed by atoms with Gasteiger partial charge >= 0.3 is 19.5 Å². The van der Waals surface area contributed by atoms with E-state index in [0.29, 0.717) is 0 Å². The van der Waals surface area contributed by atoms with Gasteiger partial charge in [-0.3, -0.25) is 23.2 Å². The Kier molecular flexibility index (Phi) is 26.1. The summed E-state index contributed by atoms with van der Waals surface area (Å²) in [7, 11) is -1.75. The van der Waals surface area contributed by atoms with Crippen LogP contribution in [0, 0.1) is 0 Å². The topological polar surface area (TPSA) is 109 Å². The second-order valence-electron chi connectivity index (χ2n) is 9.98. The molecule has 0 heterocycles. The van der Waals surface area contributed by atoms with Crippen molar-refractivity contribution in [1.82, 2.24) is 0 Å². The molecular weight excluding hydrogens is 763 g/mol. The van der Waals surface area contributed by atoms with Gasteiger partial charge in [0.05, 0.1) is 15.8 Å². The number of aliphatic carboxylic acids is 2. The van der Waals surface area contributed by atoms with Gasteiger partial charge in [-0.2, -0.15) is 0 Å². The van der Waals surface area contributed by atoms with Crippen LogP contribution in [0.25, 0.3) is 0 Å². The van der Waals surface area contributed by atoms with Gasteiger partial charge in [-0.05, 0) is 72.8 Å². The summed E-state index contributed by atoms with van der Waals surface area (Å²) in [6, 6.07) is 65.0. The van der Waals surface area contributed by atoms with Gasteiger partial charge in [0.1, 0.15) is 31.8 Å². The number of hydrogen-bond acceptors (Lipinski definition) is 4. The molecule has 0 aromatic heterocycles. The summed E-state index contributed by atoms with van der Waals surface area (Å²) in [4.78, 5) is 33.5. The SMILES string of the molecule is CC(=O)O.CC(=O)O.[CH-]=O.[CH-]=O.[Ru+2].c1ccc([PH+](c2ccccc2)c2ccccc2)cc1.c1ccc([PH+](c2ccccc2)c2ccccc2)cc1. The van der Waals surface area contributed by atoms with Crippen LogP contribution in [0.4, 0.5) is 0 Å². The number of carboxylic acids is 2. The van der Waals surface area contributed by atoms with Crippen molar-refractivity contribution in [3.05, 3.63) is 182 Å². The molecule has 0 aliphatic carbocycles. The largest absolute Gasteiger partial charge is 2.00 e. The van der Waals surface area contributed by atoms with Gasteiger partial charge in [-0.1, -0.05) is 109 Å². The average molecular weight is 806 g/mol.